The minimum Gasteiger partial charge on any atom is -0.497 e. The summed E-state index contributed by atoms with van der Waals surface area (Å²) in [5, 5.41) is 0. The highest BCUT2D eigenvalue weighted by molar-refractivity contribution is 5.78. The van der Waals surface area contributed by atoms with Gasteiger partial charge in [0.1, 0.15) is 11.6 Å². The third-order valence-electron chi connectivity index (χ3n) is 3.23. The first-order valence-electron chi connectivity index (χ1n) is 6.45. The van der Waals surface area contributed by atoms with E-state index in [1.807, 2.05) is 12.1 Å². The van der Waals surface area contributed by atoms with Gasteiger partial charge in [0.25, 0.3) is 0 Å². The molecular formula is C14H21N3O. The Morgan fingerprint density at radius 3 is 2.83 bits per heavy atom. The highest BCUT2D eigenvalue weighted by Gasteiger charge is 2.15. The Morgan fingerprint density at radius 1 is 1.44 bits per heavy atom. The van der Waals surface area contributed by atoms with Crippen LogP contribution >= 0.6 is 0 Å². The van der Waals surface area contributed by atoms with E-state index in [9.17, 15) is 0 Å². The third-order valence-corrected chi connectivity index (χ3v) is 3.23. The van der Waals surface area contributed by atoms with Gasteiger partial charge in [-0.25, -0.2) is 4.98 Å². The summed E-state index contributed by atoms with van der Waals surface area (Å²) in [7, 11) is 1.67. The fourth-order valence-corrected chi connectivity index (χ4v) is 2.20. The van der Waals surface area contributed by atoms with Gasteiger partial charge in [-0.15, -0.1) is 0 Å². The molecule has 2 rings (SSSR count). The lowest BCUT2D eigenvalue weighted by molar-refractivity contribution is 0.415. The fourth-order valence-electron chi connectivity index (χ4n) is 2.20. The molecule has 1 unspecified atom stereocenters. The molecule has 1 aromatic heterocycles. The van der Waals surface area contributed by atoms with E-state index in [-0.39, 0.29) is 5.92 Å². The summed E-state index contributed by atoms with van der Waals surface area (Å²) in [6, 6.07) is 6.03. The van der Waals surface area contributed by atoms with Crippen LogP contribution < -0.4 is 10.5 Å². The van der Waals surface area contributed by atoms with Crippen LogP contribution in [-0.4, -0.2) is 23.2 Å². The molecule has 0 radical (unpaired) electrons. The molecule has 0 fully saturated rings. The highest BCUT2D eigenvalue weighted by atomic mass is 16.5. The van der Waals surface area contributed by atoms with Gasteiger partial charge in [0, 0.05) is 25.1 Å². The van der Waals surface area contributed by atoms with Gasteiger partial charge in [0.2, 0.25) is 0 Å². The molecule has 0 bridgehead atoms. The number of aromatic nitrogens is 2. The summed E-state index contributed by atoms with van der Waals surface area (Å²) in [6.45, 7) is 5.88. The van der Waals surface area contributed by atoms with Crippen molar-refractivity contribution in [3.05, 3.63) is 24.0 Å². The number of hydrogen-bond donors (Lipinski definition) is 1. The Morgan fingerprint density at radius 2 is 2.22 bits per heavy atom. The normalized spacial score (nSPS) is 12.9. The van der Waals surface area contributed by atoms with Crippen LogP contribution in [0.15, 0.2) is 18.2 Å². The van der Waals surface area contributed by atoms with E-state index in [0.29, 0.717) is 6.54 Å². The number of ether oxygens (including phenoxy) is 1. The van der Waals surface area contributed by atoms with Crippen molar-refractivity contribution in [2.45, 2.75) is 32.7 Å². The zero-order chi connectivity index (χ0) is 13.1. The topological polar surface area (TPSA) is 53.1 Å². The van der Waals surface area contributed by atoms with E-state index >= 15 is 0 Å². The van der Waals surface area contributed by atoms with Gasteiger partial charge < -0.3 is 15.0 Å². The summed E-state index contributed by atoms with van der Waals surface area (Å²) in [4.78, 5) is 4.71. The van der Waals surface area contributed by atoms with Crippen molar-refractivity contribution in [2.24, 2.45) is 5.73 Å². The predicted molar refractivity (Wildman–Crippen MR) is 74.0 cm³/mol. The van der Waals surface area contributed by atoms with Gasteiger partial charge in [-0.1, -0.05) is 13.8 Å². The Kier molecular flexibility index (Phi) is 3.87. The molecule has 0 aliphatic carbocycles. The quantitative estimate of drug-likeness (QED) is 0.883. The van der Waals surface area contributed by atoms with Crippen molar-refractivity contribution < 1.29 is 4.74 Å². The van der Waals surface area contributed by atoms with Gasteiger partial charge in [-0.05, 0) is 18.6 Å². The molecule has 1 atom stereocenters. The number of hydrogen-bond acceptors (Lipinski definition) is 3. The monoisotopic (exact) mass is 247 g/mol. The summed E-state index contributed by atoms with van der Waals surface area (Å²) < 4.78 is 7.51. The largest absolute Gasteiger partial charge is 0.497 e. The zero-order valence-corrected chi connectivity index (χ0v) is 11.3. The van der Waals surface area contributed by atoms with Gasteiger partial charge >= 0.3 is 0 Å². The van der Waals surface area contributed by atoms with E-state index in [1.165, 1.54) is 0 Å². The van der Waals surface area contributed by atoms with Gasteiger partial charge in [0.15, 0.2) is 0 Å². The van der Waals surface area contributed by atoms with Crippen molar-refractivity contribution in [3.8, 4) is 5.75 Å². The van der Waals surface area contributed by atoms with Crippen LogP contribution in [0.2, 0.25) is 0 Å². The molecule has 2 aromatic rings. The first-order chi connectivity index (χ1) is 8.71. The molecule has 2 N–H and O–H groups in total. The lowest BCUT2D eigenvalue weighted by atomic mass is 10.1. The second-order valence-corrected chi connectivity index (χ2v) is 4.61. The van der Waals surface area contributed by atoms with Gasteiger partial charge in [-0.3, -0.25) is 0 Å². The fraction of sp³-hybridized carbons (Fsp3) is 0.500. The summed E-state index contributed by atoms with van der Waals surface area (Å²) in [6.07, 6.45) is 1.09. The maximum absolute atomic E-state index is 5.77. The van der Waals surface area contributed by atoms with Gasteiger partial charge in [0.05, 0.1) is 18.1 Å². The number of nitrogens with zero attached hydrogens (tertiary/aromatic N) is 2. The predicted octanol–water partition coefficient (Wildman–Crippen LogP) is 2.52. The van der Waals surface area contributed by atoms with Crippen molar-refractivity contribution >= 4 is 11.0 Å². The first-order valence-corrected chi connectivity index (χ1v) is 6.45. The molecule has 0 spiro atoms. The number of methoxy groups -OCH3 is 1. The number of rotatable bonds is 5. The molecule has 0 amide bonds. The second kappa shape index (κ2) is 5.40. The molecule has 0 aliphatic heterocycles. The van der Waals surface area contributed by atoms with Crippen LogP contribution in [0.4, 0.5) is 0 Å². The van der Waals surface area contributed by atoms with Crippen molar-refractivity contribution in [2.75, 3.05) is 13.7 Å². The van der Waals surface area contributed by atoms with Crippen molar-refractivity contribution in [1.29, 1.82) is 0 Å². The molecular weight excluding hydrogens is 226 g/mol. The van der Waals surface area contributed by atoms with Crippen LogP contribution in [0.3, 0.4) is 0 Å². The van der Waals surface area contributed by atoms with E-state index < -0.39 is 0 Å². The highest BCUT2D eigenvalue weighted by Crippen LogP contribution is 2.25. The zero-order valence-electron chi connectivity index (χ0n) is 11.3. The first kappa shape index (κ1) is 12.9. The lowest BCUT2D eigenvalue weighted by Crippen LogP contribution is -2.14. The number of imidazole rings is 1. The Labute approximate surface area is 108 Å². The summed E-state index contributed by atoms with van der Waals surface area (Å²) >= 11 is 0. The van der Waals surface area contributed by atoms with Crippen LogP contribution in [0.25, 0.3) is 11.0 Å². The molecule has 0 aliphatic rings. The molecule has 18 heavy (non-hydrogen) atoms. The van der Waals surface area contributed by atoms with Gasteiger partial charge in [-0.2, -0.15) is 0 Å². The van der Waals surface area contributed by atoms with Crippen molar-refractivity contribution in [3.63, 3.8) is 0 Å². The second-order valence-electron chi connectivity index (χ2n) is 4.61. The number of aryl methyl sites for hydroxylation is 1. The third kappa shape index (κ3) is 2.20. The Balaban J connectivity index is 2.58. The van der Waals surface area contributed by atoms with Crippen LogP contribution in [0.1, 0.15) is 32.0 Å². The molecule has 0 saturated heterocycles. The van der Waals surface area contributed by atoms with E-state index in [1.54, 1.807) is 7.11 Å². The van der Waals surface area contributed by atoms with Crippen LogP contribution in [-0.2, 0) is 6.54 Å². The number of benzene rings is 1. The average molecular weight is 247 g/mol. The van der Waals surface area contributed by atoms with E-state index in [4.69, 9.17) is 15.5 Å². The smallest absolute Gasteiger partial charge is 0.121 e. The molecule has 1 aromatic carbocycles. The molecule has 4 nitrogen and oxygen atoms in total. The molecule has 4 heteroatoms. The SMILES string of the molecule is CCCn1c(C(C)CN)nc2cc(OC)ccc21. The standard InChI is InChI=1S/C14H21N3O/c1-4-7-17-13-6-5-11(18-3)8-12(13)16-14(17)10(2)9-15/h5-6,8,10H,4,7,9,15H2,1-3H3. The molecule has 98 valence electrons. The van der Waals surface area contributed by atoms with Crippen LogP contribution in [0, 0.1) is 0 Å². The molecule has 1 heterocycles. The van der Waals surface area contributed by atoms with Crippen molar-refractivity contribution in [1.82, 2.24) is 9.55 Å². The Bertz CT molecular complexity index is 533. The molecule has 0 saturated carbocycles. The summed E-state index contributed by atoms with van der Waals surface area (Å²) in [5.41, 5.74) is 7.91. The summed E-state index contributed by atoms with van der Waals surface area (Å²) in [5.74, 6) is 2.19. The minimum absolute atomic E-state index is 0.273. The Hall–Kier alpha value is -1.55. The van der Waals surface area contributed by atoms with Crippen LogP contribution in [0.5, 0.6) is 5.75 Å². The average Bonchev–Trinajstić information content (AvgIpc) is 2.76. The number of fused-ring (bicyclic) bond motifs is 1. The van der Waals surface area contributed by atoms with E-state index in [2.05, 4.69) is 24.5 Å². The maximum Gasteiger partial charge on any atom is 0.121 e. The van der Waals surface area contributed by atoms with E-state index in [0.717, 1.165) is 35.6 Å². The minimum atomic E-state index is 0.273. The maximum atomic E-state index is 5.77. The lowest BCUT2D eigenvalue weighted by Gasteiger charge is -2.12. The number of nitrogens with two attached hydrogens (primary N) is 1.